The smallest absolute Gasteiger partial charge is 0.338 e. The number of halogens is 1. The van der Waals surface area contributed by atoms with Crippen LogP contribution in [0.5, 0.6) is 0 Å². The molecule has 25 heavy (non-hydrogen) atoms. The van der Waals surface area contributed by atoms with Gasteiger partial charge in [-0.15, -0.1) is 0 Å². The van der Waals surface area contributed by atoms with E-state index in [1.807, 2.05) is 45.0 Å². The first-order valence-corrected chi connectivity index (χ1v) is 8.17. The van der Waals surface area contributed by atoms with Crippen LogP contribution in [0.25, 0.3) is 0 Å². The first-order chi connectivity index (χ1) is 11.8. The number of rotatable bonds is 5. The van der Waals surface area contributed by atoms with E-state index >= 15 is 0 Å². The third kappa shape index (κ3) is 4.97. The van der Waals surface area contributed by atoms with Crippen molar-refractivity contribution in [3.63, 3.8) is 0 Å². The quantitative estimate of drug-likeness (QED) is 0.823. The summed E-state index contributed by atoms with van der Waals surface area (Å²) in [6.45, 7) is 3.40. The zero-order chi connectivity index (χ0) is 18.6. The van der Waals surface area contributed by atoms with Crippen molar-refractivity contribution in [1.82, 2.24) is 0 Å². The van der Waals surface area contributed by atoms with Gasteiger partial charge in [0.25, 0.3) is 5.91 Å². The van der Waals surface area contributed by atoms with E-state index in [9.17, 15) is 9.59 Å². The third-order valence-electron chi connectivity index (χ3n) is 3.63. The zero-order valence-corrected chi connectivity index (χ0v) is 15.5. The molecule has 1 amide bonds. The van der Waals surface area contributed by atoms with Crippen LogP contribution in [0.3, 0.4) is 0 Å². The Labute approximate surface area is 152 Å². The van der Waals surface area contributed by atoms with E-state index in [-0.39, 0.29) is 6.61 Å². The first-order valence-electron chi connectivity index (χ1n) is 7.79. The van der Waals surface area contributed by atoms with Crippen LogP contribution in [0.2, 0.25) is 5.02 Å². The van der Waals surface area contributed by atoms with Crippen LogP contribution in [-0.2, 0) is 9.53 Å². The van der Waals surface area contributed by atoms with E-state index in [4.69, 9.17) is 16.3 Å². The highest BCUT2D eigenvalue weighted by molar-refractivity contribution is 6.34. The van der Waals surface area contributed by atoms with E-state index in [0.29, 0.717) is 16.3 Å². The van der Waals surface area contributed by atoms with E-state index in [2.05, 4.69) is 5.32 Å². The molecule has 2 rings (SSSR count). The van der Waals surface area contributed by atoms with Gasteiger partial charge in [-0.2, -0.15) is 0 Å². The van der Waals surface area contributed by atoms with Gasteiger partial charge in [-0.25, -0.2) is 4.79 Å². The Bertz CT molecular complexity index is 780. The lowest BCUT2D eigenvalue weighted by atomic mass is 10.1. The Morgan fingerprint density at radius 3 is 2.52 bits per heavy atom. The van der Waals surface area contributed by atoms with Gasteiger partial charge in [-0.3, -0.25) is 4.79 Å². The van der Waals surface area contributed by atoms with Crippen molar-refractivity contribution in [2.75, 3.05) is 30.9 Å². The van der Waals surface area contributed by atoms with E-state index in [1.165, 1.54) is 0 Å². The minimum absolute atomic E-state index is 0.380. The molecule has 0 atom stereocenters. The summed E-state index contributed by atoms with van der Waals surface area (Å²) in [6, 6.07) is 10.7. The van der Waals surface area contributed by atoms with Crippen molar-refractivity contribution >= 4 is 34.9 Å². The number of carbonyl (C=O) groups is 2. The largest absolute Gasteiger partial charge is 0.452 e. The minimum atomic E-state index is -0.550. The predicted molar refractivity (Wildman–Crippen MR) is 101 cm³/mol. The first kappa shape index (κ1) is 18.8. The summed E-state index contributed by atoms with van der Waals surface area (Å²) >= 11 is 6.16. The lowest BCUT2D eigenvalue weighted by Gasteiger charge is -2.14. The standard InChI is InChI=1S/C19H21ClN2O3/c1-12-8-13(2)18(16(20)9-12)21-17(23)11-25-19(24)14-6-5-7-15(10-14)22(3)4/h5-10H,11H2,1-4H3,(H,21,23). The molecule has 0 saturated heterocycles. The Morgan fingerprint density at radius 2 is 1.88 bits per heavy atom. The van der Waals surface area contributed by atoms with Crippen molar-refractivity contribution < 1.29 is 14.3 Å². The normalized spacial score (nSPS) is 10.3. The molecule has 0 radical (unpaired) electrons. The maximum Gasteiger partial charge on any atom is 0.338 e. The van der Waals surface area contributed by atoms with Crippen LogP contribution in [0, 0.1) is 13.8 Å². The molecule has 0 fully saturated rings. The molecule has 0 aliphatic carbocycles. The van der Waals surface area contributed by atoms with Gasteiger partial charge in [0, 0.05) is 19.8 Å². The van der Waals surface area contributed by atoms with Crippen LogP contribution in [0.4, 0.5) is 11.4 Å². The van der Waals surface area contributed by atoms with Gasteiger partial charge in [-0.05, 0) is 49.2 Å². The number of benzene rings is 2. The number of hydrogen-bond donors (Lipinski definition) is 1. The van der Waals surface area contributed by atoms with Gasteiger partial charge in [-0.1, -0.05) is 23.7 Å². The molecule has 0 heterocycles. The Balaban J connectivity index is 1.98. The van der Waals surface area contributed by atoms with Crippen LogP contribution in [-0.4, -0.2) is 32.6 Å². The number of aryl methyl sites for hydroxylation is 2. The summed E-state index contributed by atoms with van der Waals surface area (Å²) in [5.74, 6) is -0.989. The van der Waals surface area contributed by atoms with Crippen molar-refractivity contribution in [3.05, 3.63) is 58.1 Å². The van der Waals surface area contributed by atoms with Gasteiger partial charge < -0.3 is 15.0 Å². The molecule has 0 aliphatic heterocycles. The van der Waals surface area contributed by atoms with E-state index in [1.54, 1.807) is 24.3 Å². The number of anilines is 2. The molecule has 0 spiro atoms. The average molecular weight is 361 g/mol. The molecule has 132 valence electrons. The summed E-state index contributed by atoms with van der Waals surface area (Å²) in [7, 11) is 3.76. The molecule has 2 aromatic rings. The molecule has 0 aliphatic rings. The van der Waals surface area contributed by atoms with Crippen LogP contribution >= 0.6 is 11.6 Å². The lowest BCUT2D eigenvalue weighted by molar-refractivity contribution is -0.119. The summed E-state index contributed by atoms with van der Waals surface area (Å²) < 4.78 is 5.09. The number of nitrogens with zero attached hydrogens (tertiary/aromatic N) is 1. The van der Waals surface area contributed by atoms with Crippen molar-refractivity contribution in [2.45, 2.75) is 13.8 Å². The maximum atomic E-state index is 12.1. The summed E-state index contributed by atoms with van der Waals surface area (Å²) in [6.07, 6.45) is 0. The number of carbonyl (C=O) groups excluding carboxylic acids is 2. The fraction of sp³-hybridized carbons (Fsp3) is 0.263. The second-order valence-corrected chi connectivity index (χ2v) is 6.41. The Kier molecular flexibility index (Phi) is 6.04. The van der Waals surface area contributed by atoms with Crippen LogP contribution in [0.15, 0.2) is 36.4 Å². The molecule has 1 N–H and O–H groups in total. The minimum Gasteiger partial charge on any atom is -0.452 e. The monoisotopic (exact) mass is 360 g/mol. The number of amides is 1. The lowest BCUT2D eigenvalue weighted by Crippen LogP contribution is -2.21. The molecule has 0 unspecified atom stereocenters. The fourth-order valence-corrected chi connectivity index (χ4v) is 2.74. The molecular weight excluding hydrogens is 340 g/mol. The summed E-state index contributed by atoms with van der Waals surface area (Å²) in [5.41, 5.74) is 3.66. The van der Waals surface area contributed by atoms with Gasteiger partial charge in [0.2, 0.25) is 0 Å². The molecule has 2 aromatic carbocycles. The van der Waals surface area contributed by atoms with Crippen molar-refractivity contribution in [1.29, 1.82) is 0 Å². The van der Waals surface area contributed by atoms with Crippen molar-refractivity contribution in [2.24, 2.45) is 0 Å². The summed E-state index contributed by atoms with van der Waals surface area (Å²) in [4.78, 5) is 26.0. The second-order valence-electron chi connectivity index (χ2n) is 6.01. The van der Waals surface area contributed by atoms with Gasteiger partial charge in [0.1, 0.15) is 0 Å². The van der Waals surface area contributed by atoms with Gasteiger partial charge in [0.05, 0.1) is 16.3 Å². The molecule has 0 bridgehead atoms. The predicted octanol–water partition coefficient (Wildman–Crippen LogP) is 3.82. The SMILES string of the molecule is Cc1cc(C)c(NC(=O)COC(=O)c2cccc(N(C)C)c2)c(Cl)c1. The topological polar surface area (TPSA) is 58.6 Å². The Hall–Kier alpha value is -2.53. The number of nitrogens with one attached hydrogen (secondary N) is 1. The fourth-order valence-electron chi connectivity index (χ4n) is 2.38. The van der Waals surface area contributed by atoms with Crippen LogP contribution < -0.4 is 10.2 Å². The summed E-state index contributed by atoms with van der Waals surface area (Å²) in [5, 5.41) is 3.14. The number of ether oxygens (including phenoxy) is 1. The highest BCUT2D eigenvalue weighted by Gasteiger charge is 2.13. The van der Waals surface area contributed by atoms with Crippen molar-refractivity contribution in [3.8, 4) is 0 Å². The van der Waals surface area contributed by atoms with E-state index < -0.39 is 11.9 Å². The van der Waals surface area contributed by atoms with Crippen LogP contribution in [0.1, 0.15) is 21.5 Å². The molecular formula is C19H21ClN2O3. The second kappa shape index (κ2) is 8.03. The third-order valence-corrected chi connectivity index (χ3v) is 3.93. The highest BCUT2D eigenvalue weighted by atomic mass is 35.5. The number of hydrogen-bond acceptors (Lipinski definition) is 4. The van der Waals surface area contributed by atoms with Gasteiger partial charge in [0.15, 0.2) is 6.61 Å². The maximum absolute atomic E-state index is 12.1. The zero-order valence-electron chi connectivity index (χ0n) is 14.7. The Morgan fingerprint density at radius 1 is 1.16 bits per heavy atom. The highest BCUT2D eigenvalue weighted by Crippen LogP contribution is 2.27. The van der Waals surface area contributed by atoms with Gasteiger partial charge >= 0.3 is 5.97 Å². The number of esters is 1. The molecule has 0 saturated carbocycles. The molecule has 6 heteroatoms. The molecule has 5 nitrogen and oxygen atoms in total. The average Bonchev–Trinajstić information content (AvgIpc) is 2.56. The van der Waals surface area contributed by atoms with E-state index in [0.717, 1.165) is 16.8 Å². The molecule has 0 aromatic heterocycles.